The molecule has 0 aliphatic carbocycles. The van der Waals surface area contributed by atoms with Crippen LogP contribution in [0.25, 0.3) is 0 Å². The summed E-state index contributed by atoms with van der Waals surface area (Å²) in [5, 5.41) is 8.36. The Morgan fingerprint density at radius 1 is 0.853 bits per heavy atom. The van der Waals surface area contributed by atoms with E-state index in [4.69, 9.17) is 9.68 Å². The fourth-order valence-corrected chi connectivity index (χ4v) is 3.58. The molecule has 10 nitrogen and oxygen atoms in total. The first-order chi connectivity index (χ1) is 16.7. The molecule has 0 N–H and O–H groups in total. The van der Waals surface area contributed by atoms with Crippen LogP contribution < -0.4 is 17.1 Å². The van der Waals surface area contributed by atoms with Gasteiger partial charge in [-0.25, -0.2) is 33.5 Å². The summed E-state index contributed by atoms with van der Waals surface area (Å²) in [6.45, 7) is 4.26. The maximum atomic E-state index is 13.1. The first-order valence-electron chi connectivity index (χ1n) is 12.6. The zero-order chi connectivity index (χ0) is 24.9. The van der Waals surface area contributed by atoms with E-state index in [-0.39, 0.29) is 11.4 Å². The quantitative estimate of drug-likeness (QED) is 0.122. The summed E-state index contributed by atoms with van der Waals surface area (Å²) in [4.78, 5) is 43.6. The number of isocyanates is 1. The van der Waals surface area contributed by atoms with Gasteiger partial charge in [0.1, 0.15) is 6.61 Å². The van der Waals surface area contributed by atoms with Gasteiger partial charge in [-0.2, -0.15) is 5.26 Å². The normalized spacial score (nSPS) is 11.2. The van der Waals surface area contributed by atoms with Crippen molar-refractivity contribution in [3.8, 4) is 6.26 Å². The molecule has 0 amide bonds. The fraction of sp³-hybridized carbons (Fsp3) is 0.792. The summed E-state index contributed by atoms with van der Waals surface area (Å²) < 4.78 is 12.8. The van der Waals surface area contributed by atoms with Gasteiger partial charge >= 0.3 is 17.1 Å². The Morgan fingerprint density at radius 3 is 2.15 bits per heavy atom. The van der Waals surface area contributed by atoms with Crippen molar-refractivity contribution in [2.75, 3.05) is 19.7 Å². The van der Waals surface area contributed by atoms with Crippen LogP contribution >= 0.6 is 0 Å². The molecule has 1 aromatic heterocycles. The first-order valence-corrected chi connectivity index (χ1v) is 12.6. The van der Waals surface area contributed by atoms with Crippen molar-refractivity contribution in [2.24, 2.45) is 9.98 Å². The second kappa shape index (κ2) is 19.5. The van der Waals surface area contributed by atoms with Crippen LogP contribution in [0.3, 0.4) is 0 Å². The summed E-state index contributed by atoms with van der Waals surface area (Å²) >= 11 is 0. The lowest BCUT2D eigenvalue weighted by molar-refractivity contribution is 0.260. The van der Waals surface area contributed by atoms with Gasteiger partial charge in [-0.3, -0.25) is 0 Å². The Bertz CT molecular complexity index is 950. The molecule has 0 spiro atoms. The maximum Gasteiger partial charge on any atom is 0.425 e. The van der Waals surface area contributed by atoms with Crippen LogP contribution in [0.4, 0.5) is 0 Å². The van der Waals surface area contributed by atoms with Crippen molar-refractivity contribution >= 4 is 6.08 Å². The third-order valence-electron chi connectivity index (χ3n) is 5.51. The van der Waals surface area contributed by atoms with Crippen LogP contribution in [0.1, 0.15) is 90.4 Å². The lowest BCUT2D eigenvalue weighted by Gasteiger charge is -2.10. The van der Waals surface area contributed by atoms with Gasteiger partial charge in [0.2, 0.25) is 6.08 Å². The highest BCUT2D eigenvalue weighted by atomic mass is 16.5. The fourth-order valence-electron chi connectivity index (χ4n) is 3.58. The molecule has 0 aliphatic heterocycles. The van der Waals surface area contributed by atoms with Crippen molar-refractivity contribution in [1.29, 1.82) is 5.26 Å². The van der Waals surface area contributed by atoms with E-state index in [0.29, 0.717) is 39.2 Å². The van der Waals surface area contributed by atoms with Gasteiger partial charge < -0.3 is 9.15 Å². The molecule has 10 heteroatoms. The molecule has 0 aromatic carbocycles. The molecule has 0 aliphatic rings. The minimum absolute atomic E-state index is 0.0984. The van der Waals surface area contributed by atoms with Crippen molar-refractivity contribution in [3.05, 3.63) is 26.7 Å². The van der Waals surface area contributed by atoms with Crippen LogP contribution in [0.2, 0.25) is 0 Å². The second-order valence-electron chi connectivity index (χ2n) is 8.27. The van der Waals surface area contributed by atoms with Crippen molar-refractivity contribution in [2.45, 2.75) is 103 Å². The Kier molecular flexibility index (Phi) is 16.7. The lowest BCUT2D eigenvalue weighted by Crippen LogP contribution is -2.47. The number of aliphatic imine (C=N–C) groups is 1. The van der Waals surface area contributed by atoms with Gasteiger partial charge in [0.15, 0.2) is 0 Å². The smallest absolute Gasteiger partial charge is 0.425 e. The van der Waals surface area contributed by atoms with Gasteiger partial charge in [0.05, 0.1) is 6.54 Å². The molecule has 0 atom stereocenters. The van der Waals surface area contributed by atoms with Crippen molar-refractivity contribution < 1.29 is 13.9 Å². The third kappa shape index (κ3) is 12.4. The molecular formula is C24H39N5O5. The van der Waals surface area contributed by atoms with E-state index in [1.54, 1.807) is 6.26 Å². The summed E-state index contributed by atoms with van der Waals surface area (Å²) in [6, 6.07) is 0. The summed E-state index contributed by atoms with van der Waals surface area (Å²) in [5.41, 5.74) is -0.272. The van der Waals surface area contributed by atoms with Crippen LogP contribution in [-0.2, 0) is 22.6 Å². The van der Waals surface area contributed by atoms with Crippen molar-refractivity contribution in [3.63, 3.8) is 0 Å². The number of rotatable bonds is 20. The Balaban J connectivity index is 2.80. The lowest BCUT2D eigenvalue weighted by atomic mass is 10.1. The highest BCUT2D eigenvalue weighted by Crippen LogP contribution is 2.04. The van der Waals surface area contributed by atoms with E-state index < -0.39 is 5.76 Å². The average Bonchev–Trinajstić information content (AvgIpc) is 2.83. The highest BCUT2D eigenvalue weighted by Gasteiger charge is 2.10. The molecule has 0 saturated heterocycles. The molecular weight excluding hydrogens is 438 g/mol. The zero-order valence-corrected chi connectivity index (χ0v) is 20.5. The largest absolute Gasteiger partial charge is 0.428 e. The van der Waals surface area contributed by atoms with Crippen molar-refractivity contribution in [1.82, 2.24) is 9.13 Å². The molecule has 0 radical (unpaired) electrons. The number of ether oxygens (including phenoxy) is 1. The topological polar surface area (TPSA) is 132 Å². The van der Waals surface area contributed by atoms with Gasteiger partial charge in [0, 0.05) is 19.6 Å². The SMILES string of the molecule is CCCCCCCn1c(=O)n(CCCCCCN=C=O)c(=O)o/c1=N/CCCCCCOC#N. The van der Waals surface area contributed by atoms with Crippen LogP contribution in [-0.4, -0.2) is 34.9 Å². The molecule has 1 rings (SSSR count). The summed E-state index contributed by atoms with van der Waals surface area (Å²) in [5.74, 6) is -0.676. The monoisotopic (exact) mass is 477 g/mol. The highest BCUT2D eigenvalue weighted by molar-refractivity contribution is 5.32. The summed E-state index contributed by atoms with van der Waals surface area (Å²) in [7, 11) is 0. The van der Waals surface area contributed by atoms with E-state index in [9.17, 15) is 14.4 Å². The molecule has 0 saturated carbocycles. The number of nitrogens with zero attached hydrogens (tertiary/aromatic N) is 5. The standard InChI is InChI=1S/C24H39N5O5/c1-2-3-4-7-12-17-28-22(27-16-11-6-9-14-19-33-20-25)34-24(32)29(23(28)31)18-13-8-5-10-15-26-21-30/h2-19H2,1H3/b27-22+. The number of carbonyl (C=O) groups excluding carboxylic acids is 1. The molecule has 0 unspecified atom stereocenters. The minimum atomic E-state index is -0.676. The minimum Gasteiger partial charge on any atom is -0.428 e. The van der Waals surface area contributed by atoms with Crippen LogP contribution in [0, 0.1) is 11.5 Å². The van der Waals surface area contributed by atoms with Gasteiger partial charge in [-0.15, -0.1) is 0 Å². The van der Waals surface area contributed by atoms with Crippen LogP contribution in [0.5, 0.6) is 0 Å². The number of hydrogen-bond acceptors (Lipinski definition) is 8. The van der Waals surface area contributed by atoms with E-state index in [2.05, 4.69) is 21.6 Å². The molecule has 34 heavy (non-hydrogen) atoms. The number of hydrogen-bond donors (Lipinski definition) is 0. The van der Waals surface area contributed by atoms with E-state index in [1.165, 1.54) is 10.6 Å². The molecule has 0 fully saturated rings. The molecule has 0 bridgehead atoms. The van der Waals surface area contributed by atoms with E-state index in [0.717, 1.165) is 81.6 Å². The van der Waals surface area contributed by atoms with Gasteiger partial charge in [0.25, 0.3) is 6.26 Å². The van der Waals surface area contributed by atoms with Gasteiger partial charge in [-0.05, 0) is 38.5 Å². The van der Waals surface area contributed by atoms with Gasteiger partial charge in [-0.1, -0.05) is 51.9 Å². The Morgan fingerprint density at radius 2 is 1.47 bits per heavy atom. The maximum absolute atomic E-state index is 13.1. The second-order valence-corrected chi connectivity index (χ2v) is 8.27. The van der Waals surface area contributed by atoms with E-state index >= 15 is 0 Å². The number of unbranched alkanes of at least 4 members (excludes halogenated alkanes) is 10. The predicted molar refractivity (Wildman–Crippen MR) is 128 cm³/mol. The molecule has 1 aromatic rings. The summed E-state index contributed by atoms with van der Waals surface area (Å²) in [6.07, 6.45) is 15.0. The Labute approximate surface area is 201 Å². The number of nitriles is 1. The zero-order valence-electron chi connectivity index (χ0n) is 20.5. The molecule has 190 valence electrons. The number of aromatic nitrogens is 2. The molecule has 1 heterocycles. The average molecular weight is 478 g/mol. The predicted octanol–water partition coefficient (Wildman–Crippen LogP) is 3.43. The van der Waals surface area contributed by atoms with Crippen LogP contribution in [0.15, 0.2) is 24.0 Å². The van der Waals surface area contributed by atoms with E-state index in [1.807, 2.05) is 0 Å². The first kappa shape index (κ1) is 29.1. The Hall–Kier alpha value is -2.92. The third-order valence-corrected chi connectivity index (χ3v) is 5.51.